The lowest BCUT2D eigenvalue weighted by Crippen LogP contribution is -2.43. The summed E-state index contributed by atoms with van der Waals surface area (Å²) in [6.45, 7) is 3.87. The second kappa shape index (κ2) is 7.68. The normalized spacial score (nSPS) is 21.3. The molecule has 0 saturated carbocycles. The average molecular weight is 329 g/mol. The highest BCUT2D eigenvalue weighted by Crippen LogP contribution is 2.36. The molecule has 0 bridgehead atoms. The first-order valence-corrected chi connectivity index (χ1v) is 9.24. The molecule has 1 saturated heterocycles. The Morgan fingerprint density at radius 2 is 2.13 bits per heavy atom. The van der Waals surface area contributed by atoms with Gasteiger partial charge in [-0.25, -0.2) is 0 Å². The minimum absolute atomic E-state index is 0.187. The van der Waals surface area contributed by atoms with E-state index in [1.165, 1.54) is 5.56 Å². The van der Waals surface area contributed by atoms with Crippen molar-refractivity contribution >= 4 is 17.7 Å². The number of benzene rings is 1. The molecule has 1 aliphatic heterocycles. The van der Waals surface area contributed by atoms with Crippen LogP contribution in [0.25, 0.3) is 0 Å². The third-order valence-corrected chi connectivity index (χ3v) is 5.49. The van der Waals surface area contributed by atoms with E-state index in [9.17, 15) is 4.79 Å². The highest BCUT2D eigenvalue weighted by atomic mass is 32.2. The molecule has 0 N–H and O–H groups in total. The van der Waals surface area contributed by atoms with Gasteiger partial charge in [0.05, 0.1) is 6.04 Å². The number of thioether (sulfide) groups is 1. The van der Waals surface area contributed by atoms with E-state index in [1.54, 1.807) is 6.20 Å². The molecule has 23 heavy (non-hydrogen) atoms. The molecule has 0 aliphatic carbocycles. The SMILES string of the molecule is CC1SCCN(C(=O)CCCn2cccn2)C1c1ccccc1. The van der Waals surface area contributed by atoms with Crippen LogP contribution >= 0.6 is 11.8 Å². The summed E-state index contributed by atoms with van der Waals surface area (Å²) in [5.74, 6) is 1.29. The van der Waals surface area contributed by atoms with Crippen LogP contribution in [0.2, 0.25) is 0 Å². The van der Waals surface area contributed by atoms with E-state index in [1.807, 2.05) is 34.8 Å². The molecule has 5 heteroatoms. The fourth-order valence-corrected chi connectivity index (χ4v) is 4.33. The molecule has 122 valence electrons. The van der Waals surface area contributed by atoms with Gasteiger partial charge in [0.1, 0.15) is 0 Å². The summed E-state index contributed by atoms with van der Waals surface area (Å²) >= 11 is 1.96. The van der Waals surface area contributed by atoms with Crippen molar-refractivity contribution in [1.29, 1.82) is 0 Å². The van der Waals surface area contributed by atoms with Crippen molar-refractivity contribution in [1.82, 2.24) is 14.7 Å². The maximum absolute atomic E-state index is 12.7. The van der Waals surface area contributed by atoms with Crippen molar-refractivity contribution in [2.45, 2.75) is 37.6 Å². The largest absolute Gasteiger partial charge is 0.334 e. The predicted octanol–water partition coefficient (Wildman–Crippen LogP) is 3.37. The molecule has 0 spiro atoms. The quantitative estimate of drug-likeness (QED) is 0.844. The van der Waals surface area contributed by atoms with Crippen molar-refractivity contribution in [2.75, 3.05) is 12.3 Å². The maximum atomic E-state index is 12.7. The van der Waals surface area contributed by atoms with Crippen molar-refractivity contribution in [2.24, 2.45) is 0 Å². The number of hydrogen-bond donors (Lipinski definition) is 0. The van der Waals surface area contributed by atoms with Gasteiger partial charge in [-0.05, 0) is 18.1 Å². The molecule has 2 atom stereocenters. The van der Waals surface area contributed by atoms with Crippen LogP contribution in [-0.2, 0) is 11.3 Å². The number of aromatic nitrogens is 2. The molecule has 1 aliphatic rings. The van der Waals surface area contributed by atoms with E-state index in [-0.39, 0.29) is 11.9 Å². The van der Waals surface area contributed by atoms with Gasteiger partial charge in [0.25, 0.3) is 0 Å². The van der Waals surface area contributed by atoms with Crippen LogP contribution in [0.5, 0.6) is 0 Å². The van der Waals surface area contributed by atoms with Crippen LogP contribution in [0.1, 0.15) is 31.4 Å². The molecule has 1 aromatic heterocycles. The Bertz CT molecular complexity index is 614. The first-order valence-electron chi connectivity index (χ1n) is 8.19. The number of nitrogens with zero attached hydrogens (tertiary/aromatic N) is 3. The molecule has 2 aromatic rings. The van der Waals surface area contributed by atoms with Gasteiger partial charge in [0.2, 0.25) is 5.91 Å². The Morgan fingerprint density at radius 3 is 2.87 bits per heavy atom. The molecule has 1 amide bonds. The summed E-state index contributed by atoms with van der Waals surface area (Å²) < 4.78 is 1.89. The van der Waals surface area contributed by atoms with E-state index in [0.29, 0.717) is 11.7 Å². The summed E-state index contributed by atoms with van der Waals surface area (Å²) in [6.07, 6.45) is 5.13. The number of carbonyl (C=O) groups is 1. The van der Waals surface area contributed by atoms with Gasteiger partial charge in [0, 0.05) is 42.9 Å². The Labute approximate surface area is 141 Å². The van der Waals surface area contributed by atoms with Crippen LogP contribution < -0.4 is 0 Å². The van der Waals surface area contributed by atoms with Gasteiger partial charge in [-0.3, -0.25) is 9.48 Å². The zero-order chi connectivity index (χ0) is 16.1. The first-order chi connectivity index (χ1) is 11.3. The van der Waals surface area contributed by atoms with Crippen LogP contribution in [0, 0.1) is 0 Å². The topological polar surface area (TPSA) is 38.1 Å². The van der Waals surface area contributed by atoms with Gasteiger partial charge < -0.3 is 4.90 Å². The molecule has 4 nitrogen and oxygen atoms in total. The fraction of sp³-hybridized carbons (Fsp3) is 0.444. The van der Waals surface area contributed by atoms with Crippen LogP contribution in [0.15, 0.2) is 48.8 Å². The number of rotatable bonds is 5. The van der Waals surface area contributed by atoms with E-state index in [0.717, 1.165) is 25.3 Å². The minimum Gasteiger partial charge on any atom is -0.334 e. The van der Waals surface area contributed by atoms with Crippen LogP contribution in [-0.4, -0.2) is 38.1 Å². The summed E-state index contributed by atoms with van der Waals surface area (Å²) in [5.41, 5.74) is 1.24. The lowest BCUT2D eigenvalue weighted by Gasteiger charge is -2.40. The smallest absolute Gasteiger partial charge is 0.223 e. The zero-order valence-electron chi connectivity index (χ0n) is 13.5. The molecular weight excluding hydrogens is 306 g/mol. The van der Waals surface area contributed by atoms with Crippen LogP contribution in [0.3, 0.4) is 0 Å². The lowest BCUT2D eigenvalue weighted by atomic mass is 10.0. The average Bonchev–Trinajstić information content (AvgIpc) is 3.08. The van der Waals surface area contributed by atoms with E-state index < -0.39 is 0 Å². The van der Waals surface area contributed by atoms with Gasteiger partial charge in [0.15, 0.2) is 0 Å². The van der Waals surface area contributed by atoms with Crippen molar-refractivity contribution in [3.63, 3.8) is 0 Å². The van der Waals surface area contributed by atoms with Gasteiger partial charge in [-0.2, -0.15) is 16.9 Å². The monoisotopic (exact) mass is 329 g/mol. The molecule has 1 aromatic carbocycles. The second-order valence-electron chi connectivity index (χ2n) is 5.89. The second-order valence-corrected chi connectivity index (χ2v) is 7.38. The number of hydrogen-bond acceptors (Lipinski definition) is 3. The summed E-state index contributed by atoms with van der Waals surface area (Å²) in [5, 5.41) is 4.62. The number of aryl methyl sites for hydroxylation is 1. The zero-order valence-corrected chi connectivity index (χ0v) is 14.3. The Balaban J connectivity index is 1.64. The van der Waals surface area contributed by atoms with Crippen molar-refractivity contribution < 1.29 is 4.79 Å². The highest BCUT2D eigenvalue weighted by molar-refractivity contribution is 8.00. The van der Waals surface area contributed by atoms with Gasteiger partial charge >= 0.3 is 0 Å². The standard InChI is InChI=1S/C18H23N3OS/c1-15-18(16-7-3-2-4-8-16)21(13-14-23-15)17(22)9-5-11-20-12-6-10-19-20/h2-4,6-8,10,12,15,18H,5,9,11,13-14H2,1H3. The highest BCUT2D eigenvalue weighted by Gasteiger charge is 2.32. The third kappa shape index (κ3) is 3.96. The maximum Gasteiger partial charge on any atom is 0.223 e. The van der Waals surface area contributed by atoms with Crippen molar-refractivity contribution in [3.8, 4) is 0 Å². The third-order valence-electron chi connectivity index (χ3n) is 4.29. The minimum atomic E-state index is 0.187. The van der Waals surface area contributed by atoms with Crippen molar-refractivity contribution in [3.05, 3.63) is 54.4 Å². The van der Waals surface area contributed by atoms with Gasteiger partial charge in [-0.1, -0.05) is 37.3 Å². The number of amides is 1. The predicted molar refractivity (Wildman–Crippen MR) is 94.3 cm³/mol. The molecule has 3 rings (SSSR count). The van der Waals surface area contributed by atoms with Crippen LogP contribution in [0.4, 0.5) is 0 Å². The molecule has 2 heterocycles. The summed E-state index contributed by atoms with van der Waals surface area (Å²) in [6, 6.07) is 12.5. The summed E-state index contributed by atoms with van der Waals surface area (Å²) in [7, 11) is 0. The molecule has 1 fully saturated rings. The fourth-order valence-electron chi connectivity index (χ4n) is 3.17. The van der Waals surface area contributed by atoms with Gasteiger partial charge in [-0.15, -0.1) is 0 Å². The van der Waals surface area contributed by atoms with E-state index >= 15 is 0 Å². The van der Waals surface area contributed by atoms with E-state index in [4.69, 9.17) is 0 Å². The molecular formula is C18H23N3OS. The summed E-state index contributed by atoms with van der Waals surface area (Å²) in [4.78, 5) is 14.8. The Hall–Kier alpha value is -1.75. The van der Waals surface area contributed by atoms with E-state index in [2.05, 4.69) is 41.2 Å². The lowest BCUT2D eigenvalue weighted by molar-refractivity contribution is -0.133. The molecule has 2 unspecified atom stereocenters. The Morgan fingerprint density at radius 1 is 1.30 bits per heavy atom. The number of carbonyl (C=O) groups excluding carboxylic acids is 1. The first kappa shape index (κ1) is 16.1. The Kier molecular flexibility index (Phi) is 5.39. The molecule has 0 radical (unpaired) electrons.